The van der Waals surface area contributed by atoms with Gasteiger partial charge >= 0.3 is 0 Å². The van der Waals surface area contributed by atoms with E-state index in [-0.39, 0.29) is 0 Å². The number of benzene rings is 1. The molecule has 2 rings (SSSR count). The van der Waals surface area contributed by atoms with E-state index in [1.165, 1.54) is 3.57 Å². The molecule has 0 fully saturated rings. The maximum atomic E-state index is 3.94. The van der Waals surface area contributed by atoms with Crippen molar-refractivity contribution in [1.29, 1.82) is 0 Å². The van der Waals surface area contributed by atoms with Gasteiger partial charge in [0.15, 0.2) is 0 Å². The van der Waals surface area contributed by atoms with Crippen molar-refractivity contribution < 1.29 is 0 Å². The minimum Gasteiger partial charge on any atom is -0.277 e. The highest BCUT2D eigenvalue weighted by atomic mass is 127. The molecule has 0 aliphatic rings. The van der Waals surface area contributed by atoms with Gasteiger partial charge in [-0.3, -0.25) is 5.10 Å². The Bertz CT molecular complexity index is 396. The van der Waals surface area contributed by atoms with Gasteiger partial charge in [-0.2, -0.15) is 5.10 Å². The molecular weight excluding hydrogens is 319 g/mol. The summed E-state index contributed by atoms with van der Waals surface area (Å²) in [4.78, 5) is 0. The minimum atomic E-state index is 1.06. The molecule has 56 valence electrons. The van der Waals surface area contributed by atoms with E-state index in [4.69, 9.17) is 0 Å². The first kappa shape index (κ1) is 7.54. The van der Waals surface area contributed by atoms with Crippen molar-refractivity contribution in [2.45, 2.75) is 0 Å². The van der Waals surface area contributed by atoms with Gasteiger partial charge in [0.2, 0.25) is 0 Å². The van der Waals surface area contributed by atoms with Crippen LogP contribution in [-0.2, 0) is 0 Å². The van der Waals surface area contributed by atoms with Gasteiger partial charge < -0.3 is 0 Å². The molecule has 0 saturated heterocycles. The Morgan fingerprint density at radius 2 is 2.27 bits per heavy atom. The standard InChI is InChI=1S/C7H4BrIN2/c8-6-2-5(9)1-4-3-10-11-7(4)6/h1-3H,(H,10,11). The molecule has 0 amide bonds. The summed E-state index contributed by atoms with van der Waals surface area (Å²) >= 11 is 5.73. The minimum absolute atomic E-state index is 1.06. The summed E-state index contributed by atoms with van der Waals surface area (Å²) in [5, 5.41) is 8.00. The highest BCUT2D eigenvalue weighted by molar-refractivity contribution is 14.1. The van der Waals surface area contributed by atoms with Crippen molar-refractivity contribution in [1.82, 2.24) is 10.2 Å². The molecular formula is C7H4BrIN2. The van der Waals surface area contributed by atoms with Crippen LogP contribution in [0.4, 0.5) is 0 Å². The lowest BCUT2D eigenvalue weighted by molar-refractivity contribution is 1.12. The smallest absolute Gasteiger partial charge is 0.0793 e. The van der Waals surface area contributed by atoms with Gasteiger partial charge in [0.25, 0.3) is 0 Å². The SMILES string of the molecule is Brc1cc(I)cc2cn[nH]c12. The lowest BCUT2D eigenvalue weighted by Crippen LogP contribution is -1.74. The summed E-state index contributed by atoms with van der Waals surface area (Å²) < 4.78 is 2.28. The fourth-order valence-corrected chi connectivity index (χ4v) is 2.62. The normalized spacial score (nSPS) is 10.7. The zero-order valence-corrected chi connectivity index (χ0v) is 9.18. The number of aromatic nitrogens is 2. The first-order valence-corrected chi connectivity index (χ1v) is 4.92. The Kier molecular flexibility index (Phi) is 1.88. The topological polar surface area (TPSA) is 28.7 Å². The summed E-state index contributed by atoms with van der Waals surface area (Å²) in [7, 11) is 0. The van der Waals surface area contributed by atoms with E-state index in [9.17, 15) is 0 Å². The first-order chi connectivity index (χ1) is 5.27. The maximum Gasteiger partial charge on any atom is 0.0793 e. The van der Waals surface area contributed by atoms with Gasteiger partial charge in [0, 0.05) is 13.4 Å². The average molecular weight is 323 g/mol. The number of nitrogens with one attached hydrogen (secondary N) is 1. The molecule has 11 heavy (non-hydrogen) atoms. The lowest BCUT2D eigenvalue weighted by Gasteiger charge is -1.93. The van der Waals surface area contributed by atoms with Gasteiger partial charge in [-0.05, 0) is 50.7 Å². The zero-order chi connectivity index (χ0) is 7.84. The number of rotatable bonds is 0. The largest absolute Gasteiger partial charge is 0.277 e. The molecule has 0 aliphatic heterocycles. The van der Waals surface area contributed by atoms with E-state index in [0.717, 1.165) is 15.4 Å². The van der Waals surface area contributed by atoms with Crippen molar-refractivity contribution >= 4 is 49.4 Å². The van der Waals surface area contributed by atoms with E-state index < -0.39 is 0 Å². The second kappa shape index (κ2) is 2.75. The quantitative estimate of drug-likeness (QED) is 0.742. The van der Waals surface area contributed by atoms with E-state index in [1.54, 1.807) is 0 Å². The molecule has 4 heteroatoms. The number of fused-ring (bicyclic) bond motifs is 1. The van der Waals surface area contributed by atoms with E-state index in [0.29, 0.717) is 0 Å². The predicted octanol–water partition coefficient (Wildman–Crippen LogP) is 2.93. The molecule has 1 N–H and O–H groups in total. The average Bonchev–Trinajstić information content (AvgIpc) is 2.34. The molecule has 1 heterocycles. The van der Waals surface area contributed by atoms with Crippen LogP contribution in [-0.4, -0.2) is 10.2 Å². The third-order valence-corrected chi connectivity index (χ3v) is 2.71. The summed E-state index contributed by atoms with van der Waals surface area (Å²) in [5.41, 5.74) is 1.06. The highest BCUT2D eigenvalue weighted by Gasteiger charge is 2.00. The number of hydrogen-bond acceptors (Lipinski definition) is 1. The van der Waals surface area contributed by atoms with Crippen molar-refractivity contribution in [3.63, 3.8) is 0 Å². The third kappa shape index (κ3) is 1.29. The van der Waals surface area contributed by atoms with Crippen molar-refractivity contribution in [2.75, 3.05) is 0 Å². The molecule has 1 aromatic heterocycles. The van der Waals surface area contributed by atoms with Crippen LogP contribution in [0.5, 0.6) is 0 Å². The Hall–Kier alpha value is -0.100. The summed E-state index contributed by atoms with van der Waals surface area (Å²) in [6.07, 6.45) is 1.82. The van der Waals surface area contributed by atoms with Crippen LogP contribution in [0.15, 0.2) is 22.8 Å². The Balaban J connectivity index is 2.91. The summed E-state index contributed by atoms with van der Waals surface area (Å²) in [6, 6.07) is 4.14. The monoisotopic (exact) mass is 322 g/mol. The molecule has 2 aromatic rings. The predicted molar refractivity (Wildman–Crippen MR) is 56.5 cm³/mol. The van der Waals surface area contributed by atoms with Gasteiger partial charge in [-0.1, -0.05) is 0 Å². The fourth-order valence-electron chi connectivity index (χ4n) is 0.980. The van der Waals surface area contributed by atoms with Gasteiger partial charge in [0.05, 0.1) is 11.7 Å². The number of H-pyrrole nitrogens is 1. The number of halogens is 2. The second-order valence-corrected chi connectivity index (χ2v) is 4.32. The van der Waals surface area contributed by atoms with Crippen LogP contribution in [0.3, 0.4) is 0 Å². The Morgan fingerprint density at radius 3 is 3.09 bits per heavy atom. The van der Waals surface area contributed by atoms with Crippen molar-refractivity contribution in [2.24, 2.45) is 0 Å². The van der Waals surface area contributed by atoms with Gasteiger partial charge in [-0.25, -0.2) is 0 Å². The molecule has 0 aliphatic carbocycles. The van der Waals surface area contributed by atoms with Crippen molar-refractivity contribution in [3.8, 4) is 0 Å². The first-order valence-electron chi connectivity index (χ1n) is 3.05. The Labute approximate surface area is 85.6 Å². The molecule has 0 saturated carbocycles. The maximum absolute atomic E-state index is 3.94. The van der Waals surface area contributed by atoms with E-state index in [2.05, 4.69) is 60.9 Å². The van der Waals surface area contributed by atoms with Crippen LogP contribution in [0.2, 0.25) is 0 Å². The summed E-state index contributed by atoms with van der Waals surface area (Å²) in [6.45, 7) is 0. The number of aromatic amines is 1. The molecule has 2 nitrogen and oxygen atoms in total. The Morgan fingerprint density at radius 1 is 1.45 bits per heavy atom. The van der Waals surface area contributed by atoms with Crippen LogP contribution in [0.1, 0.15) is 0 Å². The van der Waals surface area contributed by atoms with Crippen LogP contribution >= 0.6 is 38.5 Å². The lowest BCUT2D eigenvalue weighted by atomic mass is 10.3. The van der Waals surface area contributed by atoms with Crippen molar-refractivity contribution in [3.05, 3.63) is 26.4 Å². The fraction of sp³-hybridized carbons (Fsp3) is 0. The van der Waals surface area contributed by atoms with Gasteiger partial charge in [0.1, 0.15) is 0 Å². The highest BCUT2D eigenvalue weighted by Crippen LogP contribution is 2.24. The van der Waals surface area contributed by atoms with E-state index >= 15 is 0 Å². The molecule has 0 spiro atoms. The molecule has 0 atom stereocenters. The van der Waals surface area contributed by atoms with Crippen LogP contribution < -0.4 is 0 Å². The molecule has 0 unspecified atom stereocenters. The zero-order valence-electron chi connectivity index (χ0n) is 5.44. The molecule has 0 bridgehead atoms. The van der Waals surface area contributed by atoms with Crippen LogP contribution in [0.25, 0.3) is 10.9 Å². The van der Waals surface area contributed by atoms with Gasteiger partial charge in [-0.15, -0.1) is 0 Å². The molecule has 0 radical (unpaired) electrons. The van der Waals surface area contributed by atoms with E-state index in [1.807, 2.05) is 6.20 Å². The second-order valence-electron chi connectivity index (χ2n) is 2.22. The number of hydrogen-bond donors (Lipinski definition) is 1. The third-order valence-electron chi connectivity index (χ3n) is 1.47. The van der Waals surface area contributed by atoms with Crippen LogP contribution in [0, 0.1) is 3.57 Å². The number of nitrogens with zero attached hydrogens (tertiary/aromatic N) is 1. The summed E-state index contributed by atoms with van der Waals surface area (Å²) in [5.74, 6) is 0. The molecule has 1 aromatic carbocycles.